The van der Waals surface area contributed by atoms with Crippen LogP contribution in [0.5, 0.6) is 0 Å². The number of hydrogen-bond acceptors (Lipinski definition) is 3. The maximum Gasteiger partial charge on any atom is 0.115 e. The Labute approximate surface area is 102 Å². The number of hydrogen-bond donors (Lipinski definition) is 0. The van der Waals surface area contributed by atoms with Crippen molar-refractivity contribution in [3.63, 3.8) is 0 Å². The van der Waals surface area contributed by atoms with E-state index in [0.717, 1.165) is 32.5 Å². The lowest BCUT2D eigenvalue weighted by Crippen LogP contribution is -2.48. The Morgan fingerprint density at radius 1 is 1.41 bits per heavy atom. The van der Waals surface area contributed by atoms with Gasteiger partial charge in [-0.1, -0.05) is 24.3 Å². The van der Waals surface area contributed by atoms with Crippen molar-refractivity contribution in [3.05, 3.63) is 35.4 Å². The molecule has 0 saturated carbocycles. The fraction of sp³-hybridized carbons (Fsp3) is 0.571. The van der Waals surface area contributed by atoms with E-state index in [2.05, 4.69) is 29.2 Å². The molecule has 3 heteroatoms. The van der Waals surface area contributed by atoms with Gasteiger partial charge in [0, 0.05) is 26.6 Å². The molecule has 1 aromatic rings. The van der Waals surface area contributed by atoms with Crippen LogP contribution in [0.2, 0.25) is 0 Å². The number of fused-ring (bicyclic) bond motifs is 4. The first-order valence-electron chi connectivity index (χ1n) is 6.35. The smallest absolute Gasteiger partial charge is 0.115 e. The van der Waals surface area contributed by atoms with E-state index in [1.807, 2.05) is 0 Å². The minimum Gasteiger partial charge on any atom is -0.383 e. The van der Waals surface area contributed by atoms with Gasteiger partial charge in [-0.15, -0.1) is 0 Å². The molecule has 0 aromatic heterocycles. The lowest BCUT2D eigenvalue weighted by molar-refractivity contribution is -0.153. The van der Waals surface area contributed by atoms with Crippen molar-refractivity contribution in [1.82, 2.24) is 4.90 Å². The highest BCUT2D eigenvalue weighted by molar-refractivity contribution is 5.32. The van der Waals surface area contributed by atoms with Crippen molar-refractivity contribution in [1.29, 1.82) is 0 Å². The van der Waals surface area contributed by atoms with Crippen LogP contribution in [0.4, 0.5) is 0 Å². The zero-order valence-corrected chi connectivity index (χ0v) is 10.3. The van der Waals surface area contributed by atoms with Crippen molar-refractivity contribution in [2.24, 2.45) is 0 Å². The standard InChI is InChI=1S/C14H19NO2/c1-16-9-8-15-7-6-13-12-5-3-2-4-11(12)10-14(15)17-13/h2-5,13-14H,6-10H2,1H3/t13-,14-/m0/s1. The molecule has 1 saturated heterocycles. The third kappa shape index (κ3) is 2.10. The van der Waals surface area contributed by atoms with Crippen molar-refractivity contribution < 1.29 is 9.47 Å². The molecule has 0 amide bonds. The maximum atomic E-state index is 6.13. The number of benzene rings is 1. The summed E-state index contributed by atoms with van der Waals surface area (Å²) in [7, 11) is 1.75. The first-order valence-corrected chi connectivity index (χ1v) is 6.35. The van der Waals surface area contributed by atoms with Gasteiger partial charge in [-0.05, 0) is 17.5 Å². The van der Waals surface area contributed by atoms with Crippen LogP contribution in [-0.2, 0) is 15.9 Å². The van der Waals surface area contributed by atoms with Gasteiger partial charge in [0.15, 0.2) is 0 Å². The Hall–Kier alpha value is -0.900. The molecular formula is C14H19NO2. The van der Waals surface area contributed by atoms with Gasteiger partial charge >= 0.3 is 0 Å². The van der Waals surface area contributed by atoms with E-state index in [1.165, 1.54) is 11.1 Å². The van der Waals surface area contributed by atoms with Crippen LogP contribution >= 0.6 is 0 Å². The second kappa shape index (κ2) is 4.77. The molecule has 1 aromatic carbocycles. The average Bonchev–Trinajstić information content (AvgIpc) is 2.38. The molecule has 1 fully saturated rings. The number of rotatable bonds is 3. The highest BCUT2D eigenvalue weighted by Crippen LogP contribution is 2.37. The van der Waals surface area contributed by atoms with Crippen LogP contribution in [0.25, 0.3) is 0 Å². The quantitative estimate of drug-likeness (QED) is 0.797. The third-order valence-corrected chi connectivity index (χ3v) is 3.79. The van der Waals surface area contributed by atoms with E-state index < -0.39 is 0 Å². The SMILES string of the molecule is COCCN1CC[C@@H]2O[C@H]1Cc1ccccc12. The molecule has 2 heterocycles. The monoisotopic (exact) mass is 233 g/mol. The van der Waals surface area contributed by atoms with Crippen LogP contribution in [0.15, 0.2) is 24.3 Å². The van der Waals surface area contributed by atoms with Crippen molar-refractivity contribution in [2.45, 2.75) is 25.2 Å². The van der Waals surface area contributed by atoms with Crippen LogP contribution in [0, 0.1) is 0 Å². The highest BCUT2D eigenvalue weighted by atomic mass is 16.5. The molecule has 0 spiro atoms. The molecule has 3 rings (SSSR count). The summed E-state index contributed by atoms with van der Waals surface area (Å²) in [5.41, 5.74) is 2.85. The van der Waals surface area contributed by atoms with Gasteiger partial charge in [0.2, 0.25) is 0 Å². The van der Waals surface area contributed by atoms with E-state index in [4.69, 9.17) is 9.47 Å². The van der Waals surface area contributed by atoms with E-state index in [-0.39, 0.29) is 6.23 Å². The Kier molecular flexibility index (Phi) is 3.14. The summed E-state index contributed by atoms with van der Waals surface area (Å²) in [6, 6.07) is 8.68. The van der Waals surface area contributed by atoms with Crippen molar-refractivity contribution in [2.75, 3.05) is 26.8 Å². The van der Waals surface area contributed by atoms with E-state index in [1.54, 1.807) is 7.11 Å². The van der Waals surface area contributed by atoms with Crippen LogP contribution in [-0.4, -0.2) is 37.9 Å². The average molecular weight is 233 g/mol. The molecule has 92 valence electrons. The summed E-state index contributed by atoms with van der Waals surface area (Å²) < 4.78 is 11.3. The van der Waals surface area contributed by atoms with Crippen LogP contribution in [0.1, 0.15) is 23.7 Å². The van der Waals surface area contributed by atoms with Gasteiger partial charge in [-0.25, -0.2) is 0 Å². The summed E-state index contributed by atoms with van der Waals surface area (Å²) in [5, 5.41) is 0. The molecule has 2 atom stereocenters. The minimum absolute atomic E-state index is 0.249. The van der Waals surface area contributed by atoms with E-state index in [9.17, 15) is 0 Å². The molecule has 0 N–H and O–H groups in total. The Bertz CT molecular complexity index is 394. The second-order valence-corrected chi connectivity index (χ2v) is 4.80. The molecule has 3 nitrogen and oxygen atoms in total. The Morgan fingerprint density at radius 3 is 3.18 bits per heavy atom. The Morgan fingerprint density at radius 2 is 2.29 bits per heavy atom. The molecule has 0 unspecified atom stereocenters. The van der Waals surface area contributed by atoms with Gasteiger partial charge in [0.05, 0.1) is 12.7 Å². The normalized spacial score (nSPS) is 27.8. The molecule has 2 aliphatic heterocycles. The van der Waals surface area contributed by atoms with Crippen LogP contribution in [0.3, 0.4) is 0 Å². The Balaban J connectivity index is 1.78. The molecular weight excluding hydrogens is 214 g/mol. The topological polar surface area (TPSA) is 21.7 Å². The van der Waals surface area contributed by atoms with Gasteiger partial charge in [-0.3, -0.25) is 4.90 Å². The second-order valence-electron chi connectivity index (χ2n) is 4.80. The molecule has 0 radical (unpaired) electrons. The number of nitrogens with zero attached hydrogens (tertiary/aromatic N) is 1. The van der Waals surface area contributed by atoms with Gasteiger partial charge in [0.25, 0.3) is 0 Å². The zero-order valence-electron chi connectivity index (χ0n) is 10.3. The third-order valence-electron chi connectivity index (χ3n) is 3.79. The first-order chi connectivity index (χ1) is 8.38. The van der Waals surface area contributed by atoms with Crippen molar-refractivity contribution in [3.8, 4) is 0 Å². The van der Waals surface area contributed by atoms with Gasteiger partial charge in [0.1, 0.15) is 6.23 Å². The predicted molar refractivity (Wildman–Crippen MR) is 65.8 cm³/mol. The molecule has 17 heavy (non-hydrogen) atoms. The number of ether oxygens (including phenoxy) is 2. The largest absolute Gasteiger partial charge is 0.383 e. The highest BCUT2D eigenvalue weighted by Gasteiger charge is 2.35. The molecule has 0 aliphatic carbocycles. The summed E-state index contributed by atoms with van der Waals surface area (Å²) >= 11 is 0. The lowest BCUT2D eigenvalue weighted by atomic mass is 9.92. The summed E-state index contributed by atoms with van der Waals surface area (Å²) in [5.74, 6) is 0. The van der Waals surface area contributed by atoms with E-state index >= 15 is 0 Å². The maximum absolute atomic E-state index is 6.13. The zero-order chi connectivity index (χ0) is 11.7. The van der Waals surface area contributed by atoms with Crippen molar-refractivity contribution >= 4 is 0 Å². The lowest BCUT2D eigenvalue weighted by Gasteiger charge is -2.43. The summed E-state index contributed by atoms with van der Waals surface area (Å²) in [6.45, 7) is 2.87. The number of methoxy groups -OCH3 is 1. The predicted octanol–water partition coefficient (Wildman–Crippen LogP) is 1.98. The minimum atomic E-state index is 0.249. The van der Waals surface area contributed by atoms with Crippen LogP contribution < -0.4 is 0 Å². The van der Waals surface area contributed by atoms with Gasteiger partial charge in [-0.2, -0.15) is 0 Å². The van der Waals surface area contributed by atoms with Gasteiger partial charge < -0.3 is 9.47 Å². The fourth-order valence-electron chi connectivity index (χ4n) is 2.86. The first kappa shape index (κ1) is 11.2. The summed E-state index contributed by atoms with van der Waals surface area (Å²) in [4.78, 5) is 2.40. The molecule has 2 bridgehead atoms. The van der Waals surface area contributed by atoms with E-state index in [0.29, 0.717) is 6.10 Å². The molecule has 2 aliphatic rings. The fourth-order valence-corrected chi connectivity index (χ4v) is 2.86. The summed E-state index contributed by atoms with van der Waals surface area (Å²) in [6.07, 6.45) is 2.66.